The van der Waals surface area contributed by atoms with Crippen LogP contribution in [0.1, 0.15) is 42.6 Å². The van der Waals surface area contributed by atoms with Crippen molar-refractivity contribution in [2.75, 3.05) is 13.2 Å². The number of benzene rings is 2. The number of ether oxygens (including phenoxy) is 2. The number of esters is 1. The fourth-order valence-electron chi connectivity index (χ4n) is 3.23. The Bertz CT molecular complexity index is 1040. The van der Waals surface area contributed by atoms with Crippen LogP contribution in [0.5, 0.6) is 5.75 Å². The van der Waals surface area contributed by atoms with Crippen LogP contribution in [0.15, 0.2) is 71.8 Å². The topological polar surface area (TPSA) is 57.5 Å². The minimum Gasteiger partial charge on any atom is -0.488 e. The van der Waals surface area contributed by atoms with E-state index in [4.69, 9.17) is 9.47 Å². The van der Waals surface area contributed by atoms with Gasteiger partial charge in [0.1, 0.15) is 5.56 Å². The molecule has 0 aliphatic carbocycles. The van der Waals surface area contributed by atoms with Gasteiger partial charge in [-0.25, -0.2) is 4.79 Å². The number of hydrogen-bond acceptors (Lipinski definition) is 4. The van der Waals surface area contributed by atoms with Crippen LogP contribution in [0.2, 0.25) is 0 Å². The first kappa shape index (κ1) is 21.4. The molecule has 0 saturated carbocycles. The largest absolute Gasteiger partial charge is 0.488 e. The number of carbonyl (C=O) groups is 1. The summed E-state index contributed by atoms with van der Waals surface area (Å²) >= 11 is 0. The number of carbonyl (C=O) groups excluding carboxylic acids is 1. The summed E-state index contributed by atoms with van der Waals surface area (Å²) < 4.78 is 12.6. The van der Waals surface area contributed by atoms with Crippen LogP contribution < -0.4 is 10.2 Å². The van der Waals surface area contributed by atoms with E-state index in [1.54, 1.807) is 19.3 Å². The van der Waals surface area contributed by atoms with E-state index in [2.05, 4.69) is 25.1 Å². The molecule has 2 aromatic carbocycles. The van der Waals surface area contributed by atoms with Crippen molar-refractivity contribution in [1.82, 2.24) is 4.57 Å². The van der Waals surface area contributed by atoms with Gasteiger partial charge in [0.15, 0.2) is 5.75 Å². The molecule has 156 valence electrons. The lowest BCUT2D eigenvalue weighted by molar-refractivity contribution is 0.0523. The predicted octanol–water partition coefficient (Wildman–Crippen LogP) is 4.92. The van der Waals surface area contributed by atoms with Crippen molar-refractivity contribution in [1.29, 1.82) is 0 Å². The molecule has 5 nitrogen and oxygen atoms in total. The number of hydrogen-bond donors (Lipinski definition) is 0. The molecular formula is C25H27NO4. The Kier molecular flexibility index (Phi) is 7.44. The second kappa shape index (κ2) is 10.4. The van der Waals surface area contributed by atoms with E-state index in [9.17, 15) is 9.59 Å². The zero-order chi connectivity index (χ0) is 21.3. The maximum Gasteiger partial charge on any atom is 0.343 e. The molecule has 1 aromatic heterocycles. The van der Waals surface area contributed by atoms with Crippen molar-refractivity contribution in [3.8, 4) is 16.9 Å². The second-order valence-corrected chi connectivity index (χ2v) is 6.98. The zero-order valence-corrected chi connectivity index (χ0v) is 17.5. The monoisotopic (exact) mass is 405 g/mol. The molecule has 1 heterocycles. The maximum absolute atomic E-state index is 12.7. The van der Waals surface area contributed by atoms with E-state index in [-0.39, 0.29) is 17.9 Å². The molecule has 5 heteroatoms. The third kappa shape index (κ3) is 5.17. The molecule has 0 atom stereocenters. The van der Waals surface area contributed by atoms with Crippen molar-refractivity contribution in [2.24, 2.45) is 0 Å². The van der Waals surface area contributed by atoms with Crippen molar-refractivity contribution in [3.63, 3.8) is 0 Å². The number of pyridine rings is 1. The van der Waals surface area contributed by atoms with Gasteiger partial charge in [0, 0.05) is 12.7 Å². The number of nitrogens with zero attached hydrogens (tertiary/aromatic N) is 1. The van der Waals surface area contributed by atoms with Crippen LogP contribution in [0.3, 0.4) is 0 Å². The van der Waals surface area contributed by atoms with E-state index >= 15 is 0 Å². The number of unbranched alkanes of at least 4 members (excludes halogenated alkanes) is 1. The van der Waals surface area contributed by atoms with Crippen LogP contribution in [0.25, 0.3) is 11.1 Å². The molecule has 0 bridgehead atoms. The highest BCUT2D eigenvalue weighted by Gasteiger charge is 2.17. The molecule has 0 saturated heterocycles. The lowest BCUT2D eigenvalue weighted by Gasteiger charge is -2.15. The van der Waals surface area contributed by atoms with Crippen molar-refractivity contribution < 1.29 is 14.3 Å². The summed E-state index contributed by atoms with van der Waals surface area (Å²) in [5.74, 6) is -0.459. The summed E-state index contributed by atoms with van der Waals surface area (Å²) in [5, 5.41) is 0. The van der Waals surface area contributed by atoms with Crippen LogP contribution in [0.4, 0.5) is 0 Å². The SMILES string of the molecule is CCCCOc1cn(Cc2ccccc2-c2ccccc2)cc(C(=O)OCC)c1=O. The van der Waals surface area contributed by atoms with Crippen LogP contribution in [0, 0.1) is 0 Å². The summed E-state index contributed by atoms with van der Waals surface area (Å²) in [6.45, 7) is 4.89. The molecule has 0 amide bonds. The van der Waals surface area contributed by atoms with Gasteiger partial charge in [-0.3, -0.25) is 4.79 Å². The first-order valence-corrected chi connectivity index (χ1v) is 10.3. The van der Waals surface area contributed by atoms with E-state index in [0.717, 1.165) is 29.5 Å². The maximum atomic E-state index is 12.7. The van der Waals surface area contributed by atoms with Crippen molar-refractivity contribution in [3.05, 3.63) is 88.3 Å². The third-order valence-electron chi connectivity index (χ3n) is 4.75. The molecule has 0 N–H and O–H groups in total. The van der Waals surface area contributed by atoms with Gasteiger partial charge >= 0.3 is 5.97 Å². The van der Waals surface area contributed by atoms with Gasteiger partial charge in [-0.2, -0.15) is 0 Å². The van der Waals surface area contributed by atoms with Crippen molar-refractivity contribution in [2.45, 2.75) is 33.2 Å². The minimum absolute atomic E-state index is 0.0111. The average molecular weight is 405 g/mol. The first-order valence-electron chi connectivity index (χ1n) is 10.3. The van der Waals surface area contributed by atoms with Gasteiger partial charge in [0.05, 0.1) is 19.4 Å². The van der Waals surface area contributed by atoms with Gasteiger partial charge < -0.3 is 14.0 Å². The first-order chi connectivity index (χ1) is 14.6. The summed E-state index contributed by atoms with van der Waals surface area (Å²) in [6, 6.07) is 18.2. The lowest BCUT2D eigenvalue weighted by atomic mass is 9.99. The highest BCUT2D eigenvalue weighted by atomic mass is 16.5. The van der Waals surface area contributed by atoms with Gasteiger partial charge in [-0.05, 0) is 30.0 Å². The Balaban J connectivity index is 2.00. The molecule has 3 rings (SSSR count). The third-order valence-corrected chi connectivity index (χ3v) is 4.75. The standard InChI is InChI=1S/C25H27NO4/c1-3-5-15-30-23-18-26(17-22(24(23)27)25(28)29-4-2)16-20-13-9-10-14-21(20)19-11-7-6-8-12-19/h6-14,17-18H,3-5,15-16H2,1-2H3. The lowest BCUT2D eigenvalue weighted by Crippen LogP contribution is -2.22. The smallest absolute Gasteiger partial charge is 0.343 e. The Morgan fingerprint density at radius 2 is 1.70 bits per heavy atom. The second-order valence-electron chi connectivity index (χ2n) is 6.98. The molecule has 30 heavy (non-hydrogen) atoms. The number of rotatable bonds is 9. The van der Waals surface area contributed by atoms with Gasteiger partial charge in [-0.15, -0.1) is 0 Å². The van der Waals surface area contributed by atoms with Gasteiger partial charge in [0.25, 0.3) is 0 Å². The summed E-state index contributed by atoms with van der Waals surface area (Å²) in [4.78, 5) is 25.1. The van der Waals surface area contributed by atoms with Crippen LogP contribution in [-0.4, -0.2) is 23.8 Å². The Morgan fingerprint density at radius 1 is 0.967 bits per heavy atom. The summed E-state index contributed by atoms with van der Waals surface area (Å²) in [6.07, 6.45) is 5.01. The van der Waals surface area contributed by atoms with Crippen molar-refractivity contribution >= 4 is 5.97 Å². The normalized spacial score (nSPS) is 10.6. The molecule has 0 spiro atoms. The molecule has 0 unspecified atom stereocenters. The summed E-state index contributed by atoms with van der Waals surface area (Å²) in [7, 11) is 0. The predicted molar refractivity (Wildman–Crippen MR) is 118 cm³/mol. The molecule has 0 aliphatic rings. The van der Waals surface area contributed by atoms with E-state index in [0.29, 0.717) is 13.2 Å². The Labute approximate surface area is 176 Å². The Hall–Kier alpha value is -3.34. The molecular weight excluding hydrogens is 378 g/mol. The molecule has 0 fully saturated rings. The molecule has 3 aromatic rings. The number of aromatic nitrogens is 1. The van der Waals surface area contributed by atoms with Crippen LogP contribution >= 0.6 is 0 Å². The van der Waals surface area contributed by atoms with E-state index in [1.165, 1.54) is 0 Å². The van der Waals surface area contributed by atoms with E-state index < -0.39 is 11.4 Å². The zero-order valence-electron chi connectivity index (χ0n) is 17.5. The highest BCUT2D eigenvalue weighted by Crippen LogP contribution is 2.24. The van der Waals surface area contributed by atoms with E-state index in [1.807, 2.05) is 41.0 Å². The highest BCUT2D eigenvalue weighted by molar-refractivity contribution is 5.89. The average Bonchev–Trinajstić information content (AvgIpc) is 2.77. The fraction of sp³-hybridized carbons (Fsp3) is 0.280. The quantitative estimate of drug-likeness (QED) is 0.375. The van der Waals surface area contributed by atoms with Gasteiger partial charge in [-0.1, -0.05) is 67.9 Å². The van der Waals surface area contributed by atoms with Gasteiger partial charge in [0.2, 0.25) is 5.43 Å². The molecule has 0 radical (unpaired) electrons. The summed E-state index contributed by atoms with van der Waals surface area (Å²) in [5.41, 5.74) is 2.84. The van der Waals surface area contributed by atoms with Crippen LogP contribution in [-0.2, 0) is 11.3 Å². The minimum atomic E-state index is -0.631. The Morgan fingerprint density at radius 3 is 2.43 bits per heavy atom. The molecule has 0 aliphatic heterocycles. The fourth-order valence-corrected chi connectivity index (χ4v) is 3.23.